The number of hydrogen-bond acceptors (Lipinski definition) is 2. The molecule has 3 nitrogen and oxygen atoms in total. The molecule has 1 aromatic heterocycles. The van der Waals surface area contributed by atoms with Crippen LogP contribution < -0.4 is 5.73 Å². The Labute approximate surface area is 107 Å². The molecule has 0 fully saturated rings. The second kappa shape index (κ2) is 4.67. The number of fused-ring (bicyclic) bond motifs is 1. The zero-order chi connectivity index (χ0) is 12.6. The normalized spacial score (nSPS) is 13.5. The molecule has 2 aromatic rings. The Balaban J connectivity index is 2.64. The molecule has 0 bridgehead atoms. The molecular formula is C13H18ClN3. The molecule has 92 valence electrons. The van der Waals surface area contributed by atoms with E-state index >= 15 is 0 Å². The lowest BCUT2D eigenvalue weighted by Crippen LogP contribution is -2.21. The summed E-state index contributed by atoms with van der Waals surface area (Å²) >= 11 is 6.03. The van der Waals surface area contributed by atoms with Gasteiger partial charge in [-0.15, -0.1) is 0 Å². The van der Waals surface area contributed by atoms with Crippen molar-refractivity contribution in [2.24, 2.45) is 11.7 Å². The smallest absolute Gasteiger partial charge is 0.127 e. The second-order valence-electron chi connectivity index (χ2n) is 4.62. The van der Waals surface area contributed by atoms with Crippen LogP contribution >= 0.6 is 11.6 Å². The van der Waals surface area contributed by atoms with Gasteiger partial charge in [0.05, 0.1) is 17.1 Å². The van der Waals surface area contributed by atoms with Gasteiger partial charge in [0.1, 0.15) is 5.82 Å². The van der Waals surface area contributed by atoms with Crippen LogP contribution in [0.3, 0.4) is 0 Å². The average molecular weight is 252 g/mol. The van der Waals surface area contributed by atoms with E-state index in [1.807, 2.05) is 18.2 Å². The van der Waals surface area contributed by atoms with Gasteiger partial charge in [0, 0.05) is 11.6 Å². The molecular weight excluding hydrogens is 234 g/mol. The topological polar surface area (TPSA) is 43.8 Å². The van der Waals surface area contributed by atoms with Crippen molar-refractivity contribution in [2.75, 3.05) is 0 Å². The Bertz CT molecular complexity index is 531. The number of nitrogens with zero attached hydrogens (tertiary/aromatic N) is 2. The quantitative estimate of drug-likeness (QED) is 0.909. The minimum atomic E-state index is -0.0406. The highest BCUT2D eigenvalue weighted by molar-refractivity contribution is 6.31. The van der Waals surface area contributed by atoms with E-state index in [-0.39, 0.29) is 6.04 Å². The van der Waals surface area contributed by atoms with Crippen molar-refractivity contribution in [3.05, 3.63) is 29.0 Å². The van der Waals surface area contributed by atoms with Crippen LogP contribution in [0.4, 0.5) is 0 Å². The number of nitrogens with two attached hydrogens (primary N) is 1. The van der Waals surface area contributed by atoms with Crippen LogP contribution in [0.2, 0.25) is 5.02 Å². The summed E-state index contributed by atoms with van der Waals surface area (Å²) in [5, 5.41) is 0.733. The fraction of sp³-hybridized carbons (Fsp3) is 0.462. The summed E-state index contributed by atoms with van der Waals surface area (Å²) in [6, 6.07) is 5.72. The number of benzene rings is 1. The molecule has 0 aliphatic rings. The van der Waals surface area contributed by atoms with E-state index in [1.165, 1.54) is 0 Å². The highest BCUT2D eigenvalue weighted by Gasteiger charge is 2.18. The third kappa shape index (κ3) is 2.17. The molecule has 1 aromatic carbocycles. The highest BCUT2D eigenvalue weighted by Crippen LogP contribution is 2.25. The molecule has 1 heterocycles. The van der Waals surface area contributed by atoms with E-state index in [0.717, 1.165) is 28.4 Å². The molecule has 1 unspecified atom stereocenters. The van der Waals surface area contributed by atoms with Crippen LogP contribution in [0, 0.1) is 5.92 Å². The summed E-state index contributed by atoms with van der Waals surface area (Å²) in [5.74, 6) is 1.31. The molecule has 0 amide bonds. The van der Waals surface area contributed by atoms with Crippen LogP contribution in [0.15, 0.2) is 18.2 Å². The first kappa shape index (κ1) is 12.4. The highest BCUT2D eigenvalue weighted by atomic mass is 35.5. The Morgan fingerprint density at radius 1 is 1.41 bits per heavy atom. The van der Waals surface area contributed by atoms with Gasteiger partial charge in [-0.1, -0.05) is 25.4 Å². The summed E-state index contributed by atoms with van der Waals surface area (Å²) in [4.78, 5) is 4.63. The largest absolute Gasteiger partial charge is 0.327 e. The fourth-order valence-electron chi connectivity index (χ4n) is 2.00. The van der Waals surface area contributed by atoms with E-state index in [1.54, 1.807) is 0 Å². The van der Waals surface area contributed by atoms with E-state index < -0.39 is 0 Å². The van der Waals surface area contributed by atoms with Crippen LogP contribution in [0.1, 0.15) is 32.6 Å². The maximum atomic E-state index is 6.20. The number of halogens is 1. The number of hydrogen-bond donors (Lipinski definition) is 1. The maximum absolute atomic E-state index is 6.20. The van der Waals surface area contributed by atoms with Crippen molar-refractivity contribution >= 4 is 22.6 Å². The van der Waals surface area contributed by atoms with E-state index in [0.29, 0.717) is 5.92 Å². The Morgan fingerprint density at radius 2 is 2.12 bits per heavy atom. The molecule has 17 heavy (non-hydrogen) atoms. The van der Waals surface area contributed by atoms with Gasteiger partial charge in [-0.05, 0) is 31.0 Å². The minimum absolute atomic E-state index is 0.0406. The van der Waals surface area contributed by atoms with Crippen LogP contribution in [0.5, 0.6) is 0 Å². The van der Waals surface area contributed by atoms with Gasteiger partial charge in [-0.25, -0.2) is 4.98 Å². The van der Waals surface area contributed by atoms with Gasteiger partial charge >= 0.3 is 0 Å². The van der Waals surface area contributed by atoms with Gasteiger partial charge in [0.25, 0.3) is 0 Å². The van der Waals surface area contributed by atoms with Crippen molar-refractivity contribution in [1.82, 2.24) is 9.55 Å². The lowest BCUT2D eigenvalue weighted by molar-refractivity contribution is 0.472. The minimum Gasteiger partial charge on any atom is -0.327 e. The predicted molar refractivity (Wildman–Crippen MR) is 72.2 cm³/mol. The Morgan fingerprint density at radius 3 is 2.71 bits per heavy atom. The Kier molecular flexibility index (Phi) is 3.40. The van der Waals surface area contributed by atoms with Crippen molar-refractivity contribution in [2.45, 2.75) is 33.4 Å². The zero-order valence-electron chi connectivity index (χ0n) is 10.4. The lowest BCUT2D eigenvalue weighted by atomic mass is 10.1. The third-order valence-electron chi connectivity index (χ3n) is 3.07. The second-order valence-corrected chi connectivity index (χ2v) is 5.05. The average Bonchev–Trinajstić information content (AvgIpc) is 2.65. The first-order valence-corrected chi connectivity index (χ1v) is 6.33. The van der Waals surface area contributed by atoms with Crippen molar-refractivity contribution in [3.8, 4) is 0 Å². The molecule has 2 rings (SSSR count). The van der Waals surface area contributed by atoms with E-state index in [2.05, 4.69) is 30.3 Å². The summed E-state index contributed by atoms with van der Waals surface area (Å²) in [6.07, 6.45) is 0. The van der Waals surface area contributed by atoms with E-state index in [4.69, 9.17) is 17.3 Å². The maximum Gasteiger partial charge on any atom is 0.127 e. The van der Waals surface area contributed by atoms with Crippen molar-refractivity contribution in [1.29, 1.82) is 0 Å². The molecule has 0 spiro atoms. The first-order valence-electron chi connectivity index (χ1n) is 5.95. The molecule has 0 aliphatic heterocycles. The molecule has 4 heteroatoms. The summed E-state index contributed by atoms with van der Waals surface area (Å²) in [5.41, 5.74) is 8.22. The molecule has 1 atom stereocenters. The molecule has 0 saturated heterocycles. The Hall–Kier alpha value is -1.06. The van der Waals surface area contributed by atoms with Gasteiger partial charge < -0.3 is 10.3 Å². The fourth-order valence-corrected chi connectivity index (χ4v) is 2.17. The number of aryl methyl sites for hydroxylation is 1. The monoisotopic (exact) mass is 251 g/mol. The van der Waals surface area contributed by atoms with E-state index in [9.17, 15) is 0 Å². The third-order valence-corrected chi connectivity index (χ3v) is 3.31. The molecule has 2 N–H and O–H groups in total. The zero-order valence-corrected chi connectivity index (χ0v) is 11.2. The molecule has 0 saturated carbocycles. The number of rotatable bonds is 3. The van der Waals surface area contributed by atoms with Gasteiger partial charge in [-0.2, -0.15) is 0 Å². The van der Waals surface area contributed by atoms with Crippen LogP contribution in [0.25, 0.3) is 11.0 Å². The molecule has 0 aliphatic carbocycles. The summed E-state index contributed by atoms with van der Waals surface area (Å²) in [7, 11) is 0. The number of imidazole rings is 1. The predicted octanol–water partition coefficient (Wildman–Crippen LogP) is 3.37. The van der Waals surface area contributed by atoms with Crippen LogP contribution in [-0.2, 0) is 6.54 Å². The lowest BCUT2D eigenvalue weighted by Gasteiger charge is -2.16. The van der Waals surface area contributed by atoms with Gasteiger partial charge in [0.15, 0.2) is 0 Å². The van der Waals surface area contributed by atoms with Gasteiger partial charge in [-0.3, -0.25) is 0 Å². The summed E-state index contributed by atoms with van der Waals surface area (Å²) in [6.45, 7) is 7.17. The number of aromatic nitrogens is 2. The first-order chi connectivity index (χ1) is 8.04. The van der Waals surface area contributed by atoms with Crippen LogP contribution in [-0.4, -0.2) is 9.55 Å². The van der Waals surface area contributed by atoms with Crippen molar-refractivity contribution in [3.63, 3.8) is 0 Å². The summed E-state index contributed by atoms with van der Waals surface area (Å²) < 4.78 is 2.14. The van der Waals surface area contributed by atoms with Crippen molar-refractivity contribution < 1.29 is 0 Å². The SMILES string of the molecule is CCn1c(C(N)C(C)C)nc2ccc(Cl)cc21. The molecule has 0 radical (unpaired) electrons. The standard InChI is InChI=1S/C13H18ClN3/c1-4-17-11-7-9(14)5-6-10(11)16-13(17)12(15)8(2)3/h5-8,12H,4,15H2,1-3H3. The van der Waals surface area contributed by atoms with Gasteiger partial charge in [0.2, 0.25) is 0 Å².